The number of nitrogens with zero attached hydrogens (tertiary/aromatic N) is 4. The molecular formula is C37H47Cl2F3N8O8S. The van der Waals surface area contributed by atoms with Crippen molar-refractivity contribution >= 4 is 67.9 Å². The zero-order valence-electron chi connectivity index (χ0n) is 32.4. The van der Waals surface area contributed by atoms with E-state index in [1.807, 2.05) is 32.0 Å². The number of carbonyl (C=O) groups excluding carboxylic acids is 2. The number of hydrogen-bond acceptors (Lipinski definition) is 10. The lowest BCUT2D eigenvalue weighted by molar-refractivity contribution is -0.192. The summed E-state index contributed by atoms with van der Waals surface area (Å²) >= 11 is 13.3. The molecule has 0 saturated carbocycles. The number of carboxylic acids is 1. The smallest absolute Gasteiger partial charge is 0.487 e. The van der Waals surface area contributed by atoms with Crippen LogP contribution in [0.1, 0.15) is 48.9 Å². The average molecular weight is 892 g/mol. The minimum absolute atomic E-state index is 0.0212. The quantitative estimate of drug-likeness (QED) is 0.0939. The van der Waals surface area contributed by atoms with Crippen LogP contribution in [0.5, 0.6) is 5.75 Å². The number of amides is 2. The largest absolute Gasteiger partial charge is 0.490 e. The molecule has 0 bridgehead atoms. The second kappa shape index (κ2) is 20.2. The van der Waals surface area contributed by atoms with Crippen LogP contribution in [0.4, 0.5) is 13.2 Å². The molecule has 324 valence electrons. The lowest BCUT2D eigenvalue weighted by atomic mass is 9.89. The van der Waals surface area contributed by atoms with Crippen molar-refractivity contribution in [2.75, 3.05) is 45.9 Å². The number of halogens is 5. The average Bonchev–Trinajstić information content (AvgIpc) is 3.17. The maximum atomic E-state index is 14.2. The number of aryl methyl sites for hydroxylation is 2. The van der Waals surface area contributed by atoms with Gasteiger partial charge in [-0.2, -0.15) is 17.9 Å². The molecule has 16 nitrogen and oxygen atoms in total. The number of benzene rings is 2. The predicted octanol–water partition coefficient (Wildman–Crippen LogP) is 3.64. The number of hydrogen-bond donors (Lipinski definition) is 5. The van der Waals surface area contributed by atoms with E-state index in [9.17, 15) is 31.2 Å². The van der Waals surface area contributed by atoms with Crippen molar-refractivity contribution in [2.24, 2.45) is 22.2 Å². The van der Waals surface area contributed by atoms with E-state index >= 15 is 0 Å². The first-order valence-corrected chi connectivity index (χ1v) is 20.7. The van der Waals surface area contributed by atoms with Crippen molar-refractivity contribution in [1.82, 2.24) is 19.5 Å². The fourth-order valence-corrected chi connectivity index (χ4v) is 8.91. The van der Waals surface area contributed by atoms with Gasteiger partial charge in [-0.1, -0.05) is 35.3 Å². The van der Waals surface area contributed by atoms with Gasteiger partial charge in [-0.15, -0.1) is 0 Å². The summed E-state index contributed by atoms with van der Waals surface area (Å²) in [5.41, 5.74) is 18.2. The van der Waals surface area contributed by atoms with Gasteiger partial charge in [0.1, 0.15) is 28.3 Å². The summed E-state index contributed by atoms with van der Waals surface area (Å²) in [6.07, 6.45) is -3.00. The highest BCUT2D eigenvalue weighted by Gasteiger charge is 2.47. The highest BCUT2D eigenvalue weighted by Crippen LogP contribution is 2.35. The molecule has 2 aliphatic rings. The molecule has 2 saturated heterocycles. The first-order valence-electron chi connectivity index (χ1n) is 18.4. The van der Waals surface area contributed by atoms with Crippen LogP contribution in [0.3, 0.4) is 0 Å². The molecule has 2 aliphatic heterocycles. The fraction of sp³-hybridized carbons (Fsp3) is 0.486. The van der Waals surface area contributed by atoms with Gasteiger partial charge in [0, 0.05) is 67.6 Å². The zero-order valence-corrected chi connectivity index (χ0v) is 34.7. The Kier molecular flexibility index (Phi) is 16.2. The third kappa shape index (κ3) is 12.3. The molecule has 0 radical (unpaired) electrons. The second-order valence-corrected chi connectivity index (χ2v) is 16.4. The van der Waals surface area contributed by atoms with Gasteiger partial charge in [0.2, 0.25) is 21.8 Å². The number of aromatic nitrogens is 1. The third-order valence-corrected chi connectivity index (χ3v) is 12.2. The van der Waals surface area contributed by atoms with Crippen molar-refractivity contribution in [2.45, 2.75) is 75.2 Å². The first kappa shape index (κ1) is 47.2. The van der Waals surface area contributed by atoms with Gasteiger partial charge in [-0.05, 0) is 75.8 Å². The molecule has 5 rings (SSSR count). The van der Waals surface area contributed by atoms with E-state index in [2.05, 4.69) is 14.7 Å². The van der Waals surface area contributed by atoms with Crippen LogP contribution in [-0.2, 0) is 35.8 Å². The molecule has 0 unspecified atom stereocenters. The number of nitrogens with two attached hydrogens (primary N) is 3. The number of guanidine groups is 1. The van der Waals surface area contributed by atoms with Crippen LogP contribution >= 0.6 is 23.2 Å². The Hall–Kier alpha value is -4.47. The van der Waals surface area contributed by atoms with E-state index in [1.165, 1.54) is 12.1 Å². The monoisotopic (exact) mass is 890 g/mol. The molecule has 2 aromatic carbocycles. The maximum Gasteiger partial charge on any atom is 0.490 e. The van der Waals surface area contributed by atoms with Gasteiger partial charge in [0.25, 0.3) is 0 Å². The Morgan fingerprint density at radius 2 is 1.68 bits per heavy atom. The molecule has 8 N–H and O–H groups in total. The van der Waals surface area contributed by atoms with Gasteiger partial charge in [-0.25, -0.2) is 18.2 Å². The number of nitrogens with one attached hydrogen (secondary N) is 1. The van der Waals surface area contributed by atoms with E-state index in [4.69, 9.17) is 59.8 Å². The number of carbonyl (C=O) groups is 3. The van der Waals surface area contributed by atoms with Gasteiger partial charge in [0.05, 0.1) is 11.1 Å². The molecular weight excluding hydrogens is 844 g/mol. The van der Waals surface area contributed by atoms with E-state index in [0.29, 0.717) is 37.1 Å². The molecule has 2 fully saturated rings. The molecule has 0 aliphatic carbocycles. The van der Waals surface area contributed by atoms with Crippen LogP contribution < -0.4 is 26.7 Å². The molecule has 2 amide bonds. The van der Waals surface area contributed by atoms with Crippen LogP contribution in [0.15, 0.2) is 46.3 Å². The number of piperazine rings is 1. The molecule has 0 spiro atoms. The van der Waals surface area contributed by atoms with Crippen LogP contribution in [0, 0.1) is 13.8 Å². The summed E-state index contributed by atoms with van der Waals surface area (Å²) in [5, 5.41) is 8.16. The number of carboxylic acid groups (broad SMARTS) is 1. The number of pyridine rings is 1. The molecule has 3 aromatic rings. The Labute approximate surface area is 349 Å². The number of alkyl halides is 3. The highest BCUT2D eigenvalue weighted by atomic mass is 35.5. The Bertz CT molecular complexity index is 2150. The summed E-state index contributed by atoms with van der Waals surface area (Å²) in [6.45, 7) is 5.55. The Morgan fingerprint density at radius 3 is 2.29 bits per heavy atom. The standard InChI is InChI=1S/C35H46Cl2N8O6S.C2HF3O2/c1-22-20-23(2)42-31-24(22)6-5-8-28(31)51-21-25-26(36)9-10-29(30(25)37)52(48,49)43-35(11-18-50-19-12-35)33(47)45-16-14-44(15-17-45)32(46)27(38)7-3-4-13-41-34(39)40;3-2(4,5)1(6)7/h5-6,8-10,20,27,43H,3-4,7,11-19,21,38H2,1-2H3,(H4,39,40,41);(H,6,7)/t27-;/m0./s1. The van der Waals surface area contributed by atoms with Crippen LogP contribution in [-0.4, -0.2) is 116 Å². The third-order valence-electron chi connectivity index (χ3n) is 9.69. The SMILES string of the molecule is Cc1cc(C)c2cccc(OCc3c(Cl)ccc(S(=O)(=O)NC4(C(=O)N5CCN(C(=O)[C@@H](N)CCCCN=C(N)N)CC5)CCOCC4)c3Cl)c2n1.O=C(O)C(F)(F)F. The number of para-hydroxylation sites is 1. The minimum atomic E-state index is -5.08. The molecule has 3 heterocycles. The molecule has 59 heavy (non-hydrogen) atoms. The summed E-state index contributed by atoms with van der Waals surface area (Å²) in [5.74, 6) is -2.83. The number of fused-ring (bicyclic) bond motifs is 1. The molecule has 1 atom stereocenters. The van der Waals surface area contributed by atoms with E-state index in [1.54, 1.807) is 15.9 Å². The number of ether oxygens (including phenoxy) is 2. The van der Waals surface area contributed by atoms with Crippen LogP contribution in [0.2, 0.25) is 10.0 Å². The lowest BCUT2D eigenvalue weighted by Crippen LogP contribution is -2.64. The number of unbranched alkanes of at least 4 members (excludes halogenated alkanes) is 1. The van der Waals surface area contributed by atoms with E-state index < -0.39 is 39.7 Å². The number of rotatable bonds is 13. The van der Waals surface area contributed by atoms with Crippen LogP contribution in [0.25, 0.3) is 10.9 Å². The minimum Gasteiger partial charge on any atom is -0.487 e. The highest BCUT2D eigenvalue weighted by molar-refractivity contribution is 7.89. The van der Waals surface area contributed by atoms with E-state index in [0.717, 1.165) is 16.6 Å². The summed E-state index contributed by atoms with van der Waals surface area (Å²) in [7, 11) is -4.37. The predicted molar refractivity (Wildman–Crippen MR) is 214 cm³/mol. The summed E-state index contributed by atoms with van der Waals surface area (Å²) in [4.78, 5) is 47.7. The van der Waals surface area contributed by atoms with Gasteiger partial charge in [0.15, 0.2) is 5.96 Å². The molecule has 1 aromatic heterocycles. The van der Waals surface area contributed by atoms with Crippen molar-refractivity contribution in [1.29, 1.82) is 0 Å². The second-order valence-electron chi connectivity index (χ2n) is 14.0. The number of sulfonamides is 1. The normalized spacial score (nSPS) is 16.1. The van der Waals surface area contributed by atoms with Gasteiger partial charge < -0.3 is 41.6 Å². The number of aliphatic imine (C=N–C) groups is 1. The maximum absolute atomic E-state index is 14.2. The first-order chi connectivity index (χ1) is 27.7. The van der Waals surface area contributed by atoms with E-state index in [-0.39, 0.29) is 91.2 Å². The summed E-state index contributed by atoms with van der Waals surface area (Å²) < 4.78 is 74.3. The van der Waals surface area contributed by atoms with Crippen molar-refractivity contribution in [3.05, 3.63) is 63.3 Å². The lowest BCUT2D eigenvalue weighted by Gasteiger charge is -2.43. The number of aliphatic carboxylic acids is 1. The molecule has 22 heteroatoms. The summed E-state index contributed by atoms with van der Waals surface area (Å²) in [6, 6.07) is 9.64. The fourth-order valence-electron chi connectivity index (χ4n) is 6.60. The van der Waals surface area contributed by atoms with Gasteiger partial charge >= 0.3 is 12.1 Å². The van der Waals surface area contributed by atoms with Crippen molar-refractivity contribution in [3.8, 4) is 5.75 Å². The van der Waals surface area contributed by atoms with Gasteiger partial charge in [-0.3, -0.25) is 14.6 Å². The Morgan fingerprint density at radius 1 is 1.05 bits per heavy atom. The van der Waals surface area contributed by atoms with Crippen molar-refractivity contribution in [3.63, 3.8) is 0 Å². The van der Waals surface area contributed by atoms with Crippen molar-refractivity contribution < 1.29 is 50.6 Å². The topological polar surface area (TPSA) is 246 Å². The Balaban J connectivity index is 0.00000101. The zero-order chi connectivity index (χ0) is 43.7.